The van der Waals surface area contributed by atoms with Gasteiger partial charge in [-0.2, -0.15) is 0 Å². The lowest BCUT2D eigenvalue weighted by Gasteiger charge is -2.42. The van der Waals surface area contributed by atoms with Gasteiger partial charge in [0.15, 0.2) is 0 Å². The van der Waals surface area contributed by atoms with Crippen LogP contribution >= 0.6 is 11.8 Å². The molecule has 0 spiro atoms. The molecular weight excluding hydrogens is 224 g/mol. The third-order valence-corrected chi connectivity index (χ3v) is 4.38. The molecule has 3 nitrogen and oxygen atoms in total. The fraction of sp³-hybridized carbons (Fsp3) is 0.917. The molecule has 0 radical (unpaired) electrons. The van der Waals surface area contributed by atoms with Crippen molar-refractivity contribution >= 4 is 17.7 Å². The van der Waals surface area contributed by atoms with Crippen LogP contribution in [0.15, 0.2) is 0 Å². The zero-order valence-corrected chi connectivity index (χ0v) is 11.5. The molecular formula is C12H22O3S. The van der Waals surface area contributed by atoms with Crippen molar-refractivity contribution in [1.29, 1.82) is 0 Å². The zero-order valence-electron chi connectivity index (χ0n) is 10.7. The van der Waals surface area contributed by atoms with E-state index in [1.807, 2.05) is 0 Å². The number of esters is 1. The standard InChI is InChI=1S/C12H22O3S/c1-6-16-12-11(15-10(5)13)8(3)7(2)9(4)14-12/h7-9,11-12H,6H2,1-5H3/t7-,8+,9?,11?,12+/m1/s1. The summed E-state index contributed by atoms with van der Waals surface area (Å²) in [6, 6.07) is 0. The molecule has 1 aliphatic heterocycles. The predicted molar refractivity (Wildman–Crippen MR) is 66.3 cm³/mol. The van der Waals surface area contributed by atoms with Crippen LogP contribution in [0, 0.1) is 11.8 Å². The summed E-state index contributed by atoms with van der Waals surface area (Å²) in [4.78, 5) is 11.1. The van der Waals surface area contributed by atoms with Gasteiger partial charge in [-0.3, -0.25) is 4.79 Å². The molecule has 0 aliphatic carbocycles. The normalized spacial score (nSPS) is 39.4. The number of carbonyl (C=O) groups is 1. The second kappa shape index (κ2) is 5.92. The molecule has 0 aromatic rings. The van der Waals surface area contributed by atoms with Gasteiger partial charge in [-0.1, -0.05) is 20.8 Å². The molecule has 1 saturated heterocycles. The van der Waals surface area contributed by atoms with Crippen LogP contribution in [-0.2, 0) is 14.3 Å². The topological polar surface area (TPSA) is 35.5 Å². The fourth-order valence-corrected chi connectivity index (χ4v) is 3.12. The Kier molecular flexibility index (Phi) is 5.12. The molecule has 5 atom stereocenters. The average Bonchev–Trinajstić information content (AvgIpc) is 2.21. The molecule has 1 fully saturated rings. The van der Waals surface area contributed by atoms with Crippen molar-refractivity contribution in [3.8, 4) is 0 Å². The van der Waals surface area contributed by atoms with E-state index in [2.05, 4.69) is 27.7 Å². The van der Waals surface area contributed by atoms with Crippen LogP contribution in [0.2, 0.25) is 0 Å². The summed E-state index contributed by atoms with van der Waals surface area (Å²) >= 11 is 1.71. The second-order valence-electron chi connectivity index (χ2n) is 4.46. The van der Waals surface area contributed by atoms with E-state index in [-0.39, 0.29) is 23.6 Å². The largest absolute Gasteiger partial charge is 0.459 e. The highest BCUT2D eigenvalue weighted by molar-refractivity contribution is 7.99. The highest BCUT2D eigenvalue weighted by Crippen LogP contribution is 2.36. The Labute approximate surface area is 102 Å². The highest BCUT2D eigenvalue weighted by Gasteiger charge is 2.41. The molecule has 0 aromatic carbocycles. The Morgan fingerprint density at radius 2 is 1.94 bits per heavy atom. The zero-order chi connectivity index (χ0) is 12.3. The van der Waals surface area contributed by atoms with Gasteiger partial charge in [0.25, 0.3) is 0 Å². The van der Waals surface area contributed by atoms with Crippen molar-refractivity contribution in [3.05, 3.63) is 0 Å². The lowest BCUT2D eigenvalue weighted by Crippen LogP contribution is -2.48. The van der Waals surface area contributed by atoms with Crippen LogP contribution < -0.4 is 0 Å². The maximum Gasteiger partial charge on any atom is 0.303 e. The summed E-state index contributed by atoms with van der Waals surface area (Å²) in [6.07, 6.45) is 0.111. The molecule has 0 amide bonds. The molecule has 4 heteroatoms. The van der Waals surface area contributed by atoms with Gasteiger partial charge in [0.05, 0.1) is 6.10 Å². The van der Waals surface area contributed by atoms with Crippen LogP contribution in [-0.4, -0.2) is 29.4 Å². The van der Waals surface area contributed by atoms with Crippen molar-refractivity contribution in [3.63, 3.8) is 0 Å². The summed E-state index contributed by atoms with van der Waals surface area (Å²) in [6.45, 7) is 9.93. The van der Waals surface area contributed by atoms with E-state index in [0.717, 1.165) is 5.75 Å². The lowest BCUT2D eigenvalue weighted by molar-refractivity contribution is -0.174. The van der Waals surface area contributed by atoms with E-state index in [4.69, 9.17) is 9.47 Å². The van der Waals surface area contributed by atoms with Crippen molar-refractivity contribution in [1.82, 2.24) is 0 Å². The first kappa shape index (κ1) is 13.8. The maximum absolute atomic E-state index is 11.1. The first-order valence-electron chi connectivity index (χ1n) is 5.91. The van der Waals surface area contributed by atoms with Gasteiger partial charge in [-0.15, -0.1) is 11.8 Å². The molecule has 2 unspecified atom stereocenters. The molecule has 0 bridgehead atoms. The minimum absolute atomic E-state index is 0.0184. The van der Waals surface area contributed by atoms with Gasteiger partial charge in [-0.05, 0) is 18.6 Å². The summed E-state index contributed by atoms with van der Waals surface area (Å²) in [5, 5.41) is 0. The summed E-state index contributed by atoms with van der Waals surface area (Å²) in [5.74, 6) is 1.51. The Hall–Kier alpha value is -0.220. The van der Waals surface area contributed by atoms with Crippen molar-refractivity contribution in [2.24, 2.45) is 11.8 Å². The Bertz CT molecular complexity index is 244. The first-order valence-corrected chi connectivity index (χ1v) is 6.96. The molecule has 1 heterocycles. The molecule has 94 valence electrons. The number of hydrogen-bond acceptors (Lipinski definition) is 4. The average molecular weight is 246 g/mol. The Morgan fingerprint density at radius 1 is 1.31 bits per heavy atom. The number of carbonyl (C=O) groups excluding carboxylic acids is 1. The molecule has 0 aromatic heterocycles. The van der Waals surface area contributed by atoms with Crippen molar-refractivity contribution < 1.29 is 14.3 Å². The van der Waals surface area contributed by atoms with Crippen LogP contribution in [0.5, 0.6) is 0 Å². The van der Waals surface area contributed by atoms with E-state index >= 15 is 0 Å². The molecule has 16 heavy (non-hydrogen) atoms. The maximum atomic E-state index is 11.1. The fourth-order valence-electron chi connectivity index (χ4n) is 2.04. The lowest BCUT2D eigenvalue weighted by atomic mass is 9.85. The smallest absolute Gasteiger partial charge is 0.303 e. The molecule has 1 rings (SSSR count). The number of ether oxygens (including phenoxy) is 2. The van der Waals surface area contributed by atoms with E-state index in [9.17, 15) is 4.79 Å². The van der Waals surface area contributed by atoms with E-state index in [1.165, 1.54) is 6.92 Å². The van der Waals surface area contributed by atoms with Crippen LogP contribution in [0.4, 0.5) is 0 Å². The number of hydrogen-bond donors (Lipinski definition) is 0. The predicted octanol–water partition coefficient (Wildman–Crippen LogP) is 2.69. The highest BCUT2D eigenvalue weighted by atomic mass is 32.2. The van der Waals surface area contributed by atoms with Gasteiger partial charge in [0.1, 0.15) is 11.5 Å². The molecule has 0 N–H and O–H groups in total. The monoisotopic (exact) mass is 246 g/mol. The third-order valence-electron chi connectivity index (χ3n) is 3.34. The van der Waals surface area contributed by atoms with Gasteiger partial charge in [0, 0.05) is 12.8 Å². The minimum atomic E-state index is -0.219. The SMILES string of the molecule is CCS[C@@H]1OC(C)[C@H](C)[C@H](C)C1OC(C)=O. The van der Waals surface area contributed by atoms with Gasteiger partial charge < -0.3 is 9.47 Å². The van der Waals surface area contributed by atoms with E-state index in [0.29, 0.717) is 11.8 Å². The summed E-state index contributed by atoms with van der Waals surface area (Å²) < 4.78 is 11.3. The summed E-state index contributed by atoms with van der Waals surface area (Å²) in [5.41, 5.74) is -0.0184. The van der Waals surface area contributed by atoms with Crippen LogP contribution in [0.3, 0.4) is 0 Å². The minimum Gasteiger partial charge on any atom is -0.459 e. The summed E-state index contributed by atoms with van der Waals surface area (Å²) in [7, 11) is 0. The number of rotatable bonds is 3. The molecule has 0 saturated carbocycles. The van der Waals surface area contributed by atoms with Gasteiger partial charge in [0.2, 0.25) is 0 Å². The van der Waals surface area contributed by atoms with E-state index in [1.54, 1.807) is 11.8 Å². The Balaban J connectivity index is 2.75. The quantitative estimate of drug-likeness (QED) is 0.717. The van der Waals surface area contributed by atoms with Gasteiger partial charge in [-0.25, -0.2) is 0 Å². The third kappa shape index (κ3) is 3.14. The van der Waals surface area contributed by atoms with Crippen LogP contribution in [0.25, 0.3) is 0 Å². The van der Waals surface area contributed by atoms with Crippen molar-refractivity contribution in [2.45, 2.75) is 52.3 Å². The number of thioether (sulfide) groups is 1. The van der Waals surface area contributed by atoms with Crippen molar-refractivity contribution in [2.75, 3.05) is 5.75 Å². The van der Waals surface area contributed by atoms with Crippen LogP contribution in [0.1, 0.15) is 34.6 Å². The first-order chi connectivity index (χ1) is 7.47. The molecule has 1 aliphatic rings. The van der Waals surface area contributed by atoms with Gasteiger partial charge >= 0.3 is 5.97 Å². The Morgan fingerprint density at radius 3 is 2.44 bits per heavy atom. The second-order valence-corrected chi connectivity index (χ2v) is 5.83. The van der Waals surface area contributed by atoms with E-state index < -0.39 is 0 Å².